The van der Waals surface area contributed by atoms with Crippen molar-refractivity contribution in [2.75, 3.05) is 0 Å². The van der Waals surface area contributed by atoms with E-state index < -0.39 is 5.60 Å². The molecule has 5 aliphatic carbocycles. The van der Waals surface area contributed by atoms with Gasteiger partial charge in [-0.05, 0) is 116 Å². The van der Waals surface area contributed by atoms with Crippen LogP contribution in [0.2, 0.25) is 0 Å². The molecule has 0 amide bonds. The molecule has 0 heterocycles. The number of hydrogen-bond acceptors (Lipinski definition) is 2. The molecule has 5 rings (SSSR count). The second kappa shape index (κ2) is 6.64. The molecule has 0 bridgehead atoms. The normalized spacial score (nSPS) is 59.4. The number of hydrogen-bond donors (Lipinski definition) is 1. The first-order chi connectivity index (χ1) is 14.6. The van der Waals surface area contributed by atoms with E-state index >= 15 is 0 Å². The van der Waals surface area contributed by atoms with Crippen molar-refractivity contribution in [1.82, 2.24) is 0 Å². The quantitative estimate of drug-likeness (QED) is 0.423. The van der Waals surface area contributed by atoms with E-state index in [0.29, 0.717) is 35.4 Å². The zero-order valence-electron chi connectivity index (χ0n) is 22.3. The fraction of sp³-hybridized carbons (Fsp3) is 0.967. The zero-order valence-corrected chi connectivity index (χ0v) is 22.3. The lowest BCUT2D eigenvalue weighted by Crippen LogP contribution is -2.70. The second-order valence-electron chi connectivity index (χ2n) is 15.2. The van der Waals surface area contributed by atoms with Gasteiger partial charge in [0.25, 0.3) is 0 Å². The lowest BCUT2D eigenvalue weighted by Gasteiger charge is -2.73. The number of fused-ring (bicyclic) bond motifs is 7. The number of aliphatic hydroxyl groups is 1. The van der Waals surface area contributed by atoms with E-state index in [0.717, 1.165) is 19.3 Å². The molecule has 0 radical (unpaired) electrons. The molecule has 0 saturated heterocycles. The predicted molar refractivity (Wildman–Crippen MR) is 131 cm³/mol. The number of Topliss-reactive ketones (excluding diaryl/α,β-unsaturated/α-hetero) is 1. The Bertz CT molecular complexity index is 807. The third kappa shape index (κ3) is 2.60. The van der Waals surface area contributed by atoms with Gasteiger partial charge in [-0.2, -0.15) is 0 Å². The lowest BCUT2D eigenvalue weighted by atomic mass is 9.31. The van der Waals surface area contributed by atoms with Crippen molar-refractivity contribution in [3.8, 4) is 0 Å². The maximum absolute atomic E-state index is 13.7. The number of rotatable bonds is 0. The molecule has 0 aromatic carbocycles. The molecule has 1 N–H and O–H groups in total. The summed E-state index contributed by atoms with van der Waals surface area (Å²) in [5.41, 5.74) is 0.222. The van der Waals surface area contributed by atoms with Gasteiger partial charge in [0.15, 0.2) is 0 Å². The summed E-state index contributed by atoms with van der Waals surface area (Å²) in [5.74, 6) is 2.94. The van der Waals surface area contributed by atoms with Gasteiger partial charge in [0.2, 0.25) is 0 Å². The summed E-state index contributed by atoms with van der Waals surface area (Å²) in [7, 11) is 0. The molecule has 5 saturated carbocycles. The summed E-state index contributed by atoms with van der Waals surface area (Å²) < 4.78 is 0. The first-order valence-electron chi connectivity index (χ1n) is 13.9. The molecule has 182 valence electrons. The Hall–Kier alpha value is -0.370. The first-order valence-corrected chi connectivity index (χ1v) is 13.9. The largest absolute Gasteiger partial charge is 0.390 e. The van der Waals surface area contributed by atoms with Gasteiger partial charge >= 0.3 is 0 Å². The van der Waals surface area contributed by atoms with Crippen LogP contribution in [0.15, 0.2) is 0 Å². The molecule has 32 heavy (non-hydrogen) atoms. The third-order valence-electron chi connectivity index (χ3n) is 13.7. The van der Waals surface area contributed by atoms with Crippen LogP contribution in [0.1, 0.15) is 120 Å². The van der Waals surface area contributed by atoms with E-state index in [-0.39, 0.29) is 27.1 Å². The van der Waals surface area contributed by atoms with Gasteiger partial charge in [0.05, 0.1) is 5.60 Å². The molecule has 0 spiro atoms. The minimum atomic E-state index is -0.577. The molecule has 10 atom stereocenters. The van der Waals surface area contributed by atoms with E-state index in [1.807, 2.05) is 0 Å². The summed E-state index contributed by atoms with van der Waals surface area (Å²) >= 11 is 0. The summed E-state index contributed by atoms with van der Waals surface area (Å²) in [4.78, 5) is 13.7. The number of carbonyl (C=O) groups is 1. The number of ketones is 1. The first kappa shape index (κ1) is 23.4. The van der Waals surface area contributed by atoms with Crippen molar-refractivity contribution in [2.24, 2.45) is 56.7 Å². The highest BCUT2D eigenvalue weighted by molar-refractivity contribution is 5.86. The SMILES string of the molecule is C[C@@H]1CC[C@]2(C)CC[C@]3(C)[C@H](CC[C@@H]4[C@@]5(C)C(=O)CCC(C)(C)[C@@H]5CC[C@]43C)[C@@H]2[C@]1(C)O. The van der Waals surface area contributed by atoms with Gasteiger partial charge in [0.1, 0.15) is 5.78 Å². The molecular weight excluding hydrogens is 392 g/mol. The minimum absolute atomic E-state index is 0.161. The van der Waals surface area contributed by atoms with Crippen molar-refractivity contribution in [2.45, 2.75) is 125 Å². The average molecular weight is 443 g/mol. The molecule has 2 nitrogen and oxygen atoms in total. The van der Waals surface area contributed by atoms with E-state index in [1.54, 1.807) is 0 Å². The fourth-order valence-corrected chi connectivity index (χ4v) is 11.4. The summed E-state index contributed by atoms with van der Waals surface area (Å²) in [5, 5.41) is 11.9. The van der Waals surface area contributed by atoms with Crippen LogP contribution < -0.4 is 0 Å². The Morgan fingerprint density at radius 1 is 0.750 bits per heavy atom. The summed E-state index contributed by atoms with van der Waals surface area (Å²) in [6.07, 6.45) is 11.7. The minimum Gasteiger partial charge on any atom is -0.390 e. The van der Waals surface area contributed by atoms with Gasteiger partial charge in [-0.1, -0.05) is 48.5 Å². The fourth-order valence-electron chi connectivity index (χ4n) is 11.4. The highest BCUT2D eigenvalue weighted by atomic mass is 16.3. The van der Waals surface area contributed by atoms with Gasteiger partial charge in [-0.3, -0.25) is 4.79 Å². The Kier molecular flexibility index (Phi) is 4.85. The summed E-state index contributed by atoms with van der Waals surface area (Å²) in [6, 6.07) is 0. The van der Waals surface area contributed by atoms with Crippen molar-refractivity contribution in [3.63, 3.8) is 0 Å². The van der Waals surface area contributed by atoms with Gasteiger partial charge in [0, 0.05) is 11.8 Å². The molecule has 0 aromatic rings. The van der Waals surface area contributed by atoms with Crippen LogP contribution in [0.3, 0.4) is 0 Å². The van der Waals surface area contributed by atoms with Crippen LogP contribution in [0.4, 0.5) is 0 Å². The van der Waals surface area contributed by atoms with Crippen molar-refractivity contribution in [3.05, 3.63) is 0 Å². The number of carbonyl (C=O) groups excluding carboxylic acids is 1. The highest BCUT2D eigenvalue weighted by Gasteiger charge is 2.72. The van der Waals surface area contributed by atoms with Crippen LogP contribution in [-0.4, -0.2) is 16.5 Å². The molecule has 5 fully saturated rings. The Morgan fingerprint density at radius 3 is 2.12 bits per heavy atom. The lowest BCUT2D eigenvalue weighted by molar-refractivity contribution is -0.265. The van der Waals surface area contributed by atoms with Crippen LogP contribution in [0.25, 0.3) is 0 Å². The van der Waals surface area contributed by atoms with Crippen LogP contribution in [0, 0.1) is 56.7 Å². The Labute approximate surface area is 197 Å². The zero-order chi connectivity index (χ0) is 23.5. The van der Waals surface area contributed by atoms with Crippen LogP contribution in [0.5, 0.6) is 0 Å². The van der Waals surface area contributed by atoms with Crippen LogP contribution in [-0.2, 0) is 4.79 Å². The second-order valence-corrected chi connectivity index (χ2v) is 15.2. The average Bonchev–Trinajstić information content (AvgIpc) is 2.69. The van der Waals surface area contributed by atoms with Gasteiger partial charge in [-0.25, -0.2) is 0 Å². The van der Waals surface area contributed by atoms with Gasteiger partial charge < -0.3 is 5.11 Å². The van der Waals surface area contributed by atoms with E-state index in [4.69, 9.17) is 0 Å². The summed E-state index contributed by atoms with van der Waals surface area (Å²) in [6.45, 7) is 19.4. The predicted octanol–water partition coefficient (Wildman–Crippen LogP) is 7.43. The Balaban J connectivity index is 1.59. The van der Waals surface area contributed by atoms with E-state index in [2.05, 4.69) is 55.4 Å². The highest BCUT2D eigenvalue weighted by Crippen LogP contribution is 2.76. The standard InChI is InChI=1S/C30H50O2/c1-19-11-15-26(4)17-18-27(5)20(24(26)30(19,8)32)9-10-22-28(27,6)16-12-21-25(2,3)14-13-23(31)29(21,22)7/h19-22,24,32H,9-18H2,1-8H3/t19-,20-,21+,22+,24+,26-,27-,28-,29+,30-/m1/s1. The van der Waals surface area contributed by atoms with Crippen molar-refractivity contribution < 1.29 is 9.90 Å². The molecule has 5 aliphatic rings. The molecular formula is C30H50O2. The third-order valence-corrected chi connectivity index (χ3v) is 13.7. The topological polar surface area (TPSA) is 37.3 Å². The molecule has 0 aromatic heterocycles. The Morgan fingerprint density at radius 2 is 1.44 bits per heavy atom. The monoisotopic (exact) mass is 442 g/mol. The smallest absolute Gasteiger partial charge is 0.139 e. The molecule has 2 heteroatoms. The van der Waals surface area contributed by atoms with E-state index in [1.165, 1.54) is 44.9 Å². The van der Waals surface area contributed by atoms with Crippen molar-refractivity contribution in [1.29, 1.82) is 0 Å². The van der Waals surface area contributed by atoms with E-state index in [9.17, 15) is 9.90 Å². The van der Waals surface area contributed by atoms with Gasteiger partial charge in [-0.15, -0.1) is 0 Å². The molecule has 0 unspecified atom stereocenters. The maximum Gasteiger partial charge on any atom is 0.139 e. The van der Waals surface area contributed by atoms with Crippen molar-refractivity contribution >= 4 is 5.78 Å². The maximum atomic E-state index is 13.7. The molecule has 0 aliphatic heterocycles. The van der Waals surface area contributed by atoms with Crippen LogP contribution >= 0.6 is 0 Å².